The molecule has 9 heteroatoms. The van der Waals surface area contributed by atoms with E-state index in [0.717, 1.165) is 27.3 Å². The zero-order valence-corrected chi connectivity index (χ0v) is 23.1. The fourth-order valence-corrected chi connectivity index (χ4v) is 4.77. The minimum absolute atomic E-state index is 0.135. The molecule has 0 bridgehead atoms. The lowest BCUT2D eigenvalue weighted by Crippen LogP contribution is -2.55. The van der Waals surface area contributed by atoms with Gasteiger partial charge in [-0.15, -0.1) is 0 Å². The van der Waals surface area contributed by atoms with Gasteiger partial charge in [-0.2, -0.15) is 0 Å². The van der Waals surface area contributed by atoms with Crippen molar-refractivity contribution in [2.45, 2.75) is 66.1 Å². The van der Waals surface area contributed by atoms with E-state index in [2.05, 4.69) is 5.32 Å². The van der Waals surface area contributed by atoms with Gasteiger partial charge >= 0.3 is 0 Å². The molecule has 0 unspecified atom stereocenters. The minimum Gasteiger partial charge on any atom is -0.350 e. The van der Waals surface area contributed by atoms with E-state index in [1.807, 2.05) is 46.8 Å². The van der Waals surface area contributed by atoms with Crippen LogP contribution < -0.4 is 9.62 Å². The summed E-state index contributed by atoms with van der Waals surface area (Å²) in [4.78, 5) is 28.4. The van der Waals surface area contributed by atoms with E-state index in [1.54, 1.807) is 37.3 Å². The standard InChI is InChI=1S/C26H36ClN3O4S/c1-8-22(25(32)28-26(4,5)6)29(16-20-11-13-21(27)14-12-20)24(31)17-30(35(7,33)34)23-15-18(2)9-10-19(23)3/h9-15,22H,8,16-17H2,1-7H3,(H,28,32)/t22-/m1/s1. The van der Waals surface area contributed by atoms with E-state index >= 15 is 0 Å². The molecule has 2 rings (SSSR count). The van der Waals surface area contributed by atoms with Crippen molar-refractivity contribution in [2.75, 3.05) is 17.1 Å². The van der Waals surface area contributed by atoms with Crippen LogP contribution in [0.5, 0.6) is 0 Å². The highest BCUT2D eigenvalue weighted by Crippen LogP contribution is 2.25. The molecule has 35 heavy (non-hydrogen) atoms. The van der Waals surface area contributed by atoms with Crippen molar-refractivity contribution in [1.82, 2.24) is 10.2 Å². The molecule has 0 saturated carbocycles. The van der Waals surface area contributed by atoms with E-state index in [1.165, 1.54) is 4.90 Å². The molecule has 7 nitrogen and oxygen atoms in total. The Morgan fingerprint density at radius 2 is 1.66 bits per heavy atom. The summed E-state index contributed by atoms with van der Waals surface area (Å²) in [6.45, 7) is 10.8. The Bertz CT molecular complexity index is 1160. The second-order valence-electron chi connectivity index (χ2n) is 9.87. The van der Waals surface area contributed by atoms with Crippen molar-refractivity contribution >= 4 is 39.1 Å². The fourth-order valence-electron chi connectivity index (χ4n) is 3.74. The fraction of sp³-hybridized carbons (Fsp3) is 0.462. The van der Waals surface area contributed by atoms with Gasteiger partial charge in [-0.1, -0.05) is 42.8 Å². The first-order valence-corrected chi connectivity index (χ1v) is 13.8. The average Bonchev–Trinajstić information content (AvgIpc) is 2.73. The molecule has 1 atom stereocenters. The number of hydrogen-bond acceptors (Lipinski definition) is 4. The van der Waals surface area contributed by atoms with Gasteiger partial charge in [0.1, 0.15) is 12.6 Å². The molecule has 2 amide bonds. The summed E-state index contributed by atoms with van der Waals surface area (Å²) in [5.74, 6) is -0.762. The highest BCUT2D eigenvalue weighted by molar-refractivity contribution is 7.92. The van der Waals surface area contributed by atoms with E-state index in [4.69, 9.17) is 11.6 Å². The first-order valence-electron chi connectivity index (χ1n) is 11.5. The number of carbonyl (C=O) groups excluding carboxylic acids is 2. The lowest BCUT2D eigenvalue weighted by atomic mass is 10.1. The lowest BCUT2D eigenvalue weighted by Gasteiger charge is -2.34. The van der Waals surface area contributed by atoms with Crippen LogP contribution in [-0.4, -0.2) is 49.5 Å². The van der Waals surface area contributed by atoms with Crippen molar-refractivity contribution < 1.29 is 18.0 Å². The molecule has 0 saturated heterocycles. The second-order valence-corrected chi connectivity index (χ2v) is 12.2. The number of nitrogens with one attached hydrogen (secondary N) is 1. The number of aryl methyl sites for hydroxylation is 2. The zero-order valence-electron chi connectivity index (χ0n) is 21.6. The monoisotopic (exact) mass is 521 g/mol. The van der Waals surface area contributed by atoms with Gasteiger partial charge in [0.05, 0.1) is 11.9 Å². The minimum atomic E-state index is -3.78. The maximum absolute atomic E-state index is 13.7. The second kappa shape index (κ2) is 11.4. The van der Waals surface area contributed by atoms with E-state index in [-0.39, 0.29) is 12.5 Å². The van der Waals surface area contributed by atoms with Gasteiger partial charge in [0.15, 0.2) is 0 Å². The quantitative estimate of drug-likeness (QED) is 0.528. The predicted octanol–water partition coefficient (Wildman–Crippen LogP) is 4.44. The van der Waals surface area contributed by atoms with E-state index in [9.17, 15) is 18.0 Å². The van der Waals surface area contributed by atoms with Crippen LogP contribution in [0, 0.1) is 13.8 Å². The Hall–Kier alpha value is -2.58. The van der Waals surface area contributed by atoms with Gasteiger partial charge in [0.2, 0.25) is 21.8 Å². The molecule has 0 aliphatic carbocycles. The number of anilines is 1. The van der Waals surface area contributed by atoms with Gasteiger partial charge in [-0.3, -0.25) is 13.9 Å². The smallest absolute Gasteiger partial charge is 0.244 e. The van der Waals surface area contributed by atoms with Gasteiger partial charge < -0.3 is 10.2 Å². The maximum atomic E-state index is 13.7. The van der Waals surface area contributed by atoms with Crippen molar-refractivity contribution in [1.29, 1.82) is 0 Å². The third-order valence-electron chi connectivity index (χ3n) is 5.46. The number of hydrogen-bond donors (Lipinski definition) is 1. The van der Waals surface area contributed by atoms with Crippen LogP contribution in [0.3, 0.4) is 0 Å². The van der Waals surface area contributed by atoms with Gasteiger partial charge in [0.25, 0.3) is 0 Å². The Morgan fingerprint density at radius 1 is 1.06 bits per heavy atom. The predicted molar refractivity (Wildman–Crippen MR) is 142 cm³/mol. The largest absolute Gasteiger partial charge is 0.350 e. The summed E-state index contributed by atoms with van der Waals surface area (Å²) in [5, 5.41) is 3.50. The number of rotatable bonds is 9. The third-order valence-corrected chi connectivity index (χ3v) is 6.84. The average molecular weight is 522 g/mol. The molecule has 0 spiro atoms. The summed E-state index contributed by atoms with van der Waals surface area (Å²) in [5.41, 5.74) is 2.34. The van der Waals surface area contributed by atoms with Gasteiger partial charge in [-0.05, 0) is 75.9 Å². The van der Waals surface area contributed by atoms with Crippen molar-refractivity contribution in [3.8, 4) is 0 Å². The van der Waals surface area contributed by atoms with Crippen LogP contribution in [0.2, 0.25) is 5.02 Å². The maximum Gasteiger partial charge on any atom is 0.244 e. The highest BCUT2D eigenvalue weighted by Gasteiger charge is 2.33. The molecule has 0 aromatic heterocycles. The Labute approximate surface area is 214 Å². The third kappa shape index (κ3) is 8.25. The van der Waals surface area contributed by atoms with Crippen molar-refractivity contribution in [2.24, 2.45) is 0 Å². The van der Waals surface area contributed by atoms with Crippen molar-refractivity contribution in [3.05, 3.63) is 64.2 Å². The molecule has 0 fully saturated rings. The van der Waals surface area contributed by atoms with Crippen LogP contribution in [0.25, 0.3) is 0 Å². The summed E-state index contributed by atoms with van der Waals surface area (Å²) in [6.07, 6.45) is 1.44. The SMILES string of the molecule is CC[C@H](C(=O)NC(C)(C)C)N(Cc1ccc(Cl)cc1)C(=O)CN(c1cc(C)ccc1C)S(C)(=O)=O. The number of carbonyl (C=O) groups is 2. The van der Waals surface area contributed by atoms with Crippen LogP contribution in [-0.2, 0) is 26.2 Å². The summed E-state index contributed by atoms with van der Waals surface area (Å²) in [7, 11) is -3.78. The molecule has 192 valence electrons. The molecule has 0 aliphatic rings. The molecule has 2 aromatic rings. The Morgan fingerprint density at radius 3 is 2.17 bits per heavy atom. The molecule has 0 heterocycles. The van der Waals surface area contributed by atoms with E-state index in [0.29, 0.717) is 17.1 Å². The highest BCUT2D eigenvalue weighted by atomic mass is 35.5. The molecule has 0 radical (unpaired) electrons. The normalized spacial score (nSPS) is 12.7. The lowest BCUT2D eigenvalue weighted by molar-refractivity contribution is -0.141. The van der Waals surface area contributed by atoms with Crippen molar-refractivity contribution in [3.63, 3.8) is 0 Å². The van der Waals surface area contributed by atoms with Crippen LogP contribution >= 0.6 is 11.6 Å². The molecular weight excluding hydrogens is 486 g/mol. The zero-order chi connectivity index (χ0) is 26.6. The first-order chi connectivity index (χ1) is 16.1. The number of amides is 2. The van der Waals surface area contributed by atoms with Gasteiger partial charge in [-0.25, -0.2) is 8.42 Å². The summed E-state index contributed by atoms with van der Waals surface area (Å²) in [6, 6.07) is 11.7. The summed E-state index contributed by atoms with van der Waals surface area (Å²) < 4.78 is 26.7. The molecule has 2 aromatic carbocycles. The van der Waals surface area contributed by atoms with Crippen LogP contribution in [0.4, 0.5) is 5.69 Å². The van der Waals surface area contributed by atoms with E-state index < -0.39 is 34.1 Å². The number of sulfonamides is 1. The van der Waals surface area contributed by atoms with Gasteiger partial charge in [0, 0.05) is 17.1 Å². The first kappa shape index (κ1) is 28.7. The molecule has 0 aliphatic heterocycles. The van der Waals surface area contributed by atoms with Crippen LogP contribution in [0.15, 0.2) is 42.5 Å². The Kier molecular flexibility index (Phi) is 9.36. The number of halogens is 1. The Balaban J connectivity index is 2.49. The van der Waals surface area contributed by atoms with Crippen LogP contribution in [0.1, 0.15) is 50.8 Å². The molecular formula is C26H36ClN3O4S. The molecule has 1 N–H and O–H groups in total. The summed E-state index contributed by atoms with van der Waals surface area (Å²) >= 11 is 6.02. The topological polar surface area (TPSA) is 86.8 Å². The number of nitrogens with zero attached hydrogens (tertiary/aromatic N) is 2. The number of benzene rings is 2.